The molecule has 0 N–H and O–H groups in total. The largest absolute Gasteiger partial charge is 0.484 e. The van der Waals surface area contributed by atoms with Crippen LogP contribution in [0.3, 0.4) is 0 Å². The van der Waals surface area contributed by atoms with Crippen molar-refractivity contribution in [2.24, 2.45) is 5.92 Å². The van der Waals surface area contributed by atoms with E-state index in [1.165, 1.54) is 0 Å². The maximum absolute atomic E-state index is 12.3. The van der Waals surface area contributed by atoms with Gasteiger partial charge < -0.3 is 14.5 Å². The van der Waals surface area contributed by atoms with Crippen molar-refractivity contribution in [3.8, 4) is 5.75 Å². The number of amides is 2. The van der Waals surface area contributed by atoms with E-state index in [9.17, 15) is 9.59 Å². The summed E-state index contributed by atoms with van der Waals surface area (Å²) < 4.78 is 5.54. The van der Waals surface area contributed by atoms with Crippen LogP contribution in [0.4, 0.5) is 0 Å². The fraction of sp³-hybridized carbons (Fsp3) is 0.579. The number of carbonyl (C=O) groups is 2. The number of likely N-dealkylation sites (tertiary alicyclic amines) is 2. The topological polar surface area (TPSA) is 49.9 Å². The lowest BCUT2D eigenvalue weighted by Crippen LogP contribution is -2.45. The quantitative estimate of drug-likeness (QED) is 0.807. The van der Waals surface area contributed by atoms with E-state index in [-0.39, 0.29) is 12.5 Å². The number of nitrogens with zero attached hydrogens (tertiary/aromatic N) is 2. The highest BCUT2D eigenvalue weighted by Crippen LogP contribution is 2.21. The van der Waals surface area contributed by atoms with Gasteiger partial charge in [0.2, 0.25) is 5.91 Å². The van der Waals surface area contributed by atoms with Crippen molar-refractivity contribution >= 4 is 23.4 Å². The molecule has 1 aromatic rings. The van der Waals surface area contributed by atoms with Gasteiger partial charge in [-0.3, -0.25) is 9.59 Å². The van der Waals surface area contributed by atoms with Gasteiger partial charge in [-0.1, -0.05) is 11.6 Å². The minimum absolute atomic E-state index is 0.0162. The molecule has 0 atom stereocenters. The van der Waals surface area contributed by atoms with Crippen molar-refractivity contribution in [3.05, 3.63) is 29.3 Å². The zero-order valence-electron chi connectivity index (χ0n) is 14.5. The van der Waals surface area contributed by atoms with E-state index in [1.54, 1.807) is 24.3 Å². The Labute approximate surface area is 153 Å². The molecule has 0 saturated carbocycles. The van der Waals surface area contributed by atoms with E-state index < -0.39 is 0 Å². The standard InChI is InChI=1S/C19H25ClN2O3/c20-16-4-6-17(7-5-16)25-14-19(24)21-11-8-15(9-12-21)13-22-10-2-1-3-18(22)23/h4-7,15H,1-3,8-14H2. The average Bonchev–Trinajstić information content (AvgIpc) is 2.63. The van der Waals surface area contributed by atoms with Crippen LogP contribution in [0.15, 0.2) is 24.3 Å². The molecule has 2 amide bonds. The molecule has 6 heteroatoms. The van der Waals surface area contributed by atoms with Gasteiger partial charge in [0.25, 0.3) is 5.91 Å². The molecule has 0 aliphatic carbocycles. The van der Waals surface area contributed by atoms with Gasteiger partial charge in [0.15, 0.2) is 6.61 Å². The summed E-state index contributed by atoms with van der Waals surface area (Å²) in [6.07, 6.45) is 4.74. The van der Waals surface area contributed by atoms with Gasteiger partial charge in [0.05, 0.1) is 0 Å². The second-order valence-electron chi connectivity index (χ2n) is 6.86. The summed E-state index contributed by atoms with van der Waals surface area (Å²) in [5.74, 6) is 1.46. The molecule has 5 nitrogen and oxygen atoms in total. The molecule has 2 aliphatic heterocycles. The molecule has 25 heavy (non-hydrogen) atoms. The summed E-state index contributed by atoms with van der Waals surface area (Å²) in [4.78, 5) is 28.1. The van der Waals surface area contributed by atoms with Crippen LogP contribution in [-0.4, -0.2) is 54.4 Å². The molecule has 2 saturated heterocycles. The molecule has 2 aliphatic rings. The highest BCUT2D eigenvalue weighted by Gasteiger charge is 2.27. The Balaban J connectivity index is 1.40. The first-order valence-corrected chi connectivity index (χ1v) is 9.43. The maximum Gasteiger partial charge on any atom is 0.260 e. The fourth-order valence-electron chi connectivity index (χ4n) is 3.50. The van der Waals surface area contributed by atoms with Gasteiger partial charge in [-0.2, -0.15) is 0 Å². The lowest BCUT2D eigenvalue weighted by molar-refractivity contribution is -0.137. The lowest BCUT2D eigenvalue weighted by atomic mass is 9.95. The van der Waals surface area contributed by atoms with E-state index in [1.807, 2.05) is 9.80 Å². The number of hydrogen-bond acceptors (Lipinski definition) is 3. The molecule has 136 valence electrons. The highest BCUT2D eigenvalue weighted by molar-refractivity contribution is 6.30. The predicted molar refractivity (Wildman–Crippen MR) is 96.7 cm³/mol. The number of ether oxygens (including phenoxy) is 1. The predicted octanol–water partition coefficient (Wildman–Crippen LogP) is 2.97. The van der Waals surface area contributed by atoms with Crippen molar-refractivity contribution < 1.29 is 14.3 Å². The summed E-state index contributed by atoms with van der Waals surface area (Å²) >= 11 is 5.83. The SMILES string of the molecule is O=C(COc1ccc(Cl)cc1)N1CCC(CN2CCCCC2=O)CC1. The van der Waals surface area contributed by atoms with Gasteiger partial charge in [-0.05, 0) is 55.9 Å². The number of hydrogen-bond donors (Lipinski definition) is 0. The van der Waals surface area contributed by atoms with Crippen LogP contribution >= 0.6 is 11.6 Å². The summed E-state index contributed by atoms with van der Waals surface area (Å²) in [5.41, 5.74) is 0. The molecule has 2 heterocycles. The summed E-state index contributed by atoms with van der Waals surface area (Å²) in [6, 6.07) is 7.01. The van der Waals surface area contributed by atoms with Crippen LogP contribution in [-0.2, 0) is 9.59 Å². The lowest BCUT2D eigenvalue weighted by Gasteiger charge is -2.36. The van der Waals surface area contributed by atoms with E-state index in [2.05, 4.69) is 0 Å². The van der Waals surface area contributed by atoms with Gasteiger partial charge in [-0.25, -0.2) is 0 Å². The average molecular weight is 365 g/mol. The van der Waals surface area contributed by atoms with Gasteiger partial charge in [0.1, 0.15) is 5.75 Å². The van der Waals surface area contributed by atoms with Gasteiger partial charge >= 0.3 is 0 Å². The first-order chi connectivity index (χ1) is 12.1. The molecule has 2 fully saturated rings. The van der Waals surface area contributed by atoms with Crippen molar-refractivity contribution in [1.29, 1.82) is 0 Å². The first kappa shape index (κ1) is 18.1. The normalized spacial score (nSPS) is 19.2. The Morgan fingerprint density at radius 1 is 1.12 bits per heavy atom. The van der Waals surface area contributed by atoms with E-state index >= 15 is 0 Å². The van der Waals surface area contributed by atoms with Crippen LogP contribution in [0.5, 0.6) is 5.75 Å². The van der Waals surface area contributed by atoms with E-state index in [0.29, 0.717) is 29.0 Å². The Kier molecular flexibility index (Phi) is 6.19. The van der Waals surface area contributed by atoms with Crippen LogP contribution in [0.25, 0.3) is 0 Å². The molecular weight excluding hydrogens is 340 g/mol. The van der Waals surface area contributed by atoms with E-state index in [4.69, 9.17) is 16.3 Å². The Hall–Kier alpha value is -1.75. The Morgan fingerprint density at radius 3 is 2.52 bits per heavy atom. The summed E-state index contributed by atoms with van der Waals surface area (Å²) in [5, 5.41) is 0.646. The van der Waals surface area contributed by atoms with Gasteiger partial charge in [0, 0.05) is 37.6 Å². The minimum Gasteiger partial charge on any atom is -0.484 e. The molecular formula is C19H25ClN2O3. The zero-order chi connectivity index (χ0) is 17.6. The molecule has 0 spiro atoms. The van der Waals surface area contributed by atoms with Crippen LogP contribution in [0, 0.1) is 5.92 Å². The molecule has 1 aromatic carbocycles. The monoisotopic (exact) mass is 364 g/mol. The third kappa shape index (κ3) is 5.11. The Morgan fingerprint density at radius 2 is 1.84 bits per heavy atom. The Bertz CT molecular complexity index is 597. The highest BCUT2D eigenvalue weighted by atomic mass is 35.5. The van der Waals surface area contributed by atoms with Crippen molar-refractivity contribution in [1.82, 2.24) is 9.80 Å². The summed E-state index contributed by atoms with van der Waals surface area (Å²) in [6.45, 7) is 3.29. The molecule has 0 bridgehead atoms. The molecule has 0 aromatic heterocycles. The number of piperidine rings is 2. The minimum atomic E-state index is 0.0162. The third-order valence-corrected chi connectivity index (χ3v) is 5.30. The van der Waals surface area contributed by atoms with Crippen molar-refractivity contribution in [2.75, 3.05) is 32.8 Å². The molecule has 0 unspecified atom stereocenters. The number of rotatable bonds is 5. The second-order valence-corrected chi connectivity index (χ2v) is 7.30. The van der Waals surface area contributed by atoms with Crippen LogP contribution in [0.2, 0.25) is 5.02 Å². The van der Waals surface area contributed by atoms with Crippen LogP contribution < -0.4 is 4.74 Å². The summed E-state index contributed by atoms with van der Waals surface area (Å²) in [7, 11) is 0. The second kappa shape index (κ2) is 8.56. The molecule has 3 rings (SSSR count). The first-order valence-electron chi connectivity index (χ1n) is 9.06. The number of carbonyl (C=O) groups excluding carboxylic acids is 2. The third-order valence-electron chi connectivity index (χ3n) is 5.04. The number of halogens is 1. The molecule has 0 radical (unpaired) electrons. The van der Waals surface area contributed by atoms with Crippen molar-refractivity contribution in [2.45, 2.75) is 32.1 Å². The number of benzene rings is 1. The maximum atomic E-state index is 12.3. The fourth-order valence-corrected chi connectivity index (χ4v) is 3.62. The van der Waals surface area contributed by atoms with Gasteiger partial charge in [-0.15, -0.1) is 0 Å². The smallest absolute Gasteiger partial charge is 0.260 e. The zero-order valence-corrected chi connectivity index (χ0v) is 15.2. The van der Waals surface area contributed by atoms with E-state index in [0.717, 1.165) is 51.9 Å². The van der Waals surface area contributed by atoms with Crippen LogP contribution in [0.1, 0.15) is 32.1 Å². The van der Waals surface area contributed by atoms with Crippen molar-refractivity contribution in [3.63, 3.8) is 0 Å².